The molecule has 0 radical (unpaired) electrons. The summed E-state index contributed by atoms with van der Waals surface area (Å²) < 4.78 is 13.7. The van der Waals surface area contributed by atoms with E-state index in [0.29, 0.717) is 5.54 Å². The van der Waals surface area contributed by atoms with Crippen LogP contribution in [0.15, 0.2) is 21.7 Å². The van der Waals surface area contributed by atoms with Crippen molar-refractivity contribution in [1.82, 2.24) is 0 Å². The summed E-state index contributed by atoms with van der Waals surface area (Å²) in [5.41, 5.74) is 2.07. The van der Waals surface area contributed by atoms with Crippen LogP contribution in [0, 0.1) is 0 Å². The summed E-state index contributed by atoms with van der Waals surface area (Å²) in [5, 5.41) is 7.52. The fraction of sp³-hybridized carbons (Fsp3) is 0.789. The normalized spacial score (nSPS) is 17.9. The van der Waals surface area contributed by atoms with Crippen molar-refractivity contribution in [1.29, 1.82) is 0 Å². The van der Waals surface area contributed by atoms with Crippen LogP contribution in [-0.2, 0) is 24.9 Å². The van der Waals surface area contributed by atoms with E-state index in [4.69, 9.17) is 8.85 Å². The maximum atomic E-state index is 5.97. The van der Waals surface area contributed by atoms with Crippen LogP contribution in [0.5, 0.6) is 0 Å². The Balaban J connectivity index is 2.97. The molecule has 0 spiro atoms. The standard InChI is InChI=1S/C16H29O2Si.3CH3.Pt/c1-5-6-7-8-9-14-16(15-12-10-11-13-15)19(4,17-2)18-3;;;;/h10,12,16H,5-9,11,14H2,1-4H3;3*1H3;. The van der Waals surface area contributed by atoms with Crippen molar-refractivity contribution in [3.8, 4) is 0 Å². The topological polar surface area (TPSA) is 18.5 Å². The zero-order chi connectivity index (χ0) is 17.5. The summed E-state index contributed by atoms with van der Waals surface area (Å²) in [7, 11) is 1.53. The molecule has 0 aromatic carbocycles. The minimum absolute atomic E-state index is 0.482. The summed E-state index contributed by atoms with van der Waals surface area (Å²) in [6, 6.07) is 0. The molecule has 0 aliphatic heterocycles. The fourth-order valence-electron chi connectivity index (χ4n) is 3.27. The average Bonchev–Trinajstić information content (AvgIpc) is 2.99. The Morgan fingerprint density at radius 2 is 1.70 bits per heavy atom. The first-order chi connectivity index (χ1) is 10.8. The molecule has 1 unspecified atom stereocenters. The molecule has 0 N–H and O–H groups in total. The summed E-state index contributed by atoms with van der Waals surface area (Å²) in [6.07, 6.45) is 13.8. The van der Waals surface area contributed by atoms with Crippen molar-refractivity contribution in [3.05, 3.63) is 21.7 Å². The van der Waals surface area contributed by atoms with E-state index in [0.717, 1.165) is 0 Å². The van der Waals surface area contributed by atoms with E-state index in [1.807, 2.05) is 14.2 Å². The molecule has 1 rings (SSSR count). The number of unbranched alkanes of at least 4 members (excludes halogenated alkanes) is 4. The first-order valence-electron chi connectivity index (χ1n) is 8.66. The van der Waals surface area contributed by atoms with Crippen LogP contribution in [0.2, 0.25) is 28.0 Å². The van der Waals surface area contributed by atoms with Crippen molar-refractivity contribution in [2.24, 2.45) is 0 Å². The van der Waals surface area contributed by atoms with E-state index in [-0.39, 0.29) is 0 Å². The van der Waals surface area contributed by atoms with Gasteiger partial charge in [-0.25, -0.2) is 0 Å². The molecule has 0 aromatic heterocycles. The van der Waals surface area contributed by atoms with Gasteiger partial charge in [-0.1, -0.05) is 0 Å². The third kappa shape index (κ3) is 5.95. The third-order valence-electron chi connectivity index (χ3n) is 4.87. The van der Waals surface area contributed by atoms with E-state index < -0.39 is 24.6 Å². The first kappa shape index (κ1) is 21.3. The van der Waals surface area contributed by atoms with Crippen molar-refractivity contribution in [2.45, 2.75) is 79.9 Å². The second kappa shape index (κ2) is 9.70. The van der Waals surface area contributed by atoms with E-state index in [2.05, 4.69) is 41.6 Å². The van der Waals surface area contributed by atoms with Crippen LogP contribution in [0.3, 0.4) is 0 Å². The van der Waals surface area contributed by atoms with Gasteiger partial charge in [0.25, 0.3) is 0 Å². The molecule has 0 heterocycles. The number of allylic oxidation sites excluding steroid dienone is 4. The van der Waals surface area contributed by atoms with Gasteiger partial charge in [-0.05, 0) is 0 Å². The summed E-state index contributed by atoms with van der Waals surface area (Å²) in [4.78, 5) is 0. The summed E-state index contributed by atoms with van der Waals surface area (Å²) >= 11 is -1.74. The molecule has 4 heteroatoms. The van der Waals surface area contributed by atoms with Gasteiger partial charge in [-0.2, -0.15) is 0 Å². The number of hydrogen-bond acceptors (Lipinski definition) is 2. The molecule has 0 saturated heterocycles. The van der Waals surface area contributed by atoms with Gasteiger partial charge in [0.1, 0.15) is 0 Å². The molecule has 23 heavy (non-hydrogen) atoms. The molecule has 0 saturated carbocycles. The van der Waals surface area contributed by atoms with E-state index >= 15 is 0 Å². The second-order valence-corrected chi connectivity index (χ2v) is 22.2. The van der Waals surface area contributed by atoms with Gasteiger partial charge < -0.3 is 0 Å². The Labute approximate surface area is 149 Å². The average molecular weight is 522 g/mol. The van der Waals surface area contributed by atoms with Crippen LogP contribution in [0.1, 0.15) is 51.9 Å². The third-order valence-corrected chi connectivity index (χ3v) is 13.6. The predicted molar refractivity (Wildman–Crippen MR) is 101 cm³/mol. The van der Waals surface area contributed by atoms with Gasteiger partial charge in [-0.15, -0.1) is 0 Å². The van der Waals surface area contributed by atoms with E-state index in [1.165, 1.54) is 44.9 Å². The molecule has 1 aliphatic carbocycles. The summed E-state index contributed by atoms with van der Waals surface area (Å²) in [5.74, 6) is 0. The van der Waals surface area contributed by atoms with Crippen LogP contribution < -0.4 is 0 Å². The molecule has 1 atom stereocenters. The summed E-state index contributed by atoms with van der Waals surface area (Å²) in [6.45, 7) is 4.52. The van der Waals surface area contributed by atoms with Crippen molar-refractivity contribution < 1.29 is 24.9 Å². The first-order valence-corrected chi connectivity index (χ1v) is 19.0. The van der Waals surface area contributed by atoms with Crippen molar-refractivity contribution in [3.63, 3.8) is 0 Å². The fourth-order valence-corrected chi connectivity index (χ4v) is 10.1. The number of rotatable bonds is 11. The van der Waals surface area contributed by atoms with E-state index in [1.54, 1.807) is 9.54 Å². The monoisotopic (exact) mass is 521 g/mol. The molecule has 0 fully saturated rings. The molecular weight excluding hydrogens is 483 g/mol. The van der Waals surface area contributed by atoms with Crippen LogP contribution in [0.4, 0.5) is 0 Å². The van der Waals surface area contributed by atoms with Gasteiger partial charge in [0.05, 0.1) is 0 Å². The van der Waals surface area contributed by atoms with Crippen LogP contribution in [0.25, 0.3) is 0 Å². The van der Waals surface area contributed by atoms with Gasteiger partial charge in [-0.3, -0.25) is 0 Å². The SMILES string of the molecule is CCCCCCCC(C1=[C]([Pt]([CH3])([CH3])[CH3])CC=C1)[Si](C)(OC)OC. The second-order valence-electron chi connectivity index (χ2n) is 7.03. The minimum atomic E-state index is -2.16. The van der Waals surface area contributed by atoms with Gasteiger partial charge in [0, 0.05) is 0 Å². The van der Waals surface area contributed by atoms with Gasteiger partial charge in [0.15, 0.2) is 0 Å². The molecule has 0 bridgehead atoms. The van der Waals surface area contributed by atoms with Gasteiger partial charge >= 0.3 is 149 Å². The quantitative estimate of drug-likeness (QED) is 0.225. The van der Waals surface area contributed by atoms with Crippen molar-refractivity contribution >= 4 is 8.56 Å². The zero-order valence-corrected chi connectivity index (χ0v) is 19.6. The zero-order valence-electron chi connectivity index (χ0n) is 16.3. The Morgan fingerprint density at radius 3 is 2.22 bits per heavy atom. The maximum absolute atomic E-state index is 5.97. The Kier molecular flexibility index (Phi) is 9.00. The molecule has 140 valence electrons. The van der Waals surface area contributed by atoms with Crippen LogP contribution >= 0.6 is 0 Å². The number of hydrogen-bond donors (Lipinski definition) is 0. The van der Waals surface area contributed by atoms with Crippen LogP contribution in [-0.4, -0.2) is 22.8 Å². The van der Waals surface area contributed by atoms with E-state index in [9.17, 15) is 0 Å². The molecule has 0 amide bonds. The molecule has 2 nitrogen and oxygen atoms in total. The Bertz CT molecular complexity index is 420. The molecular formula is C19H38O2PtSi. The molecule has 0 aromatic rings. The Hall–Kier alpha value is 0.305. The van der Waals surface area contributed by atoms with Crippen molar-refractivity contribution in [2.75, 3.05) is 14.2 Å². The predicted octanol–water partition coefficient (Wildman–Crippen LogP) is 6.59. The molecule has 1 aliphatic rings. The Morgan fingerprint density at radius 1 is 1.09 bits per heavy atom. The van der Waals surface area contributed by atoms with Gasteiger partial charge in [0.2, 0.25) is 0 Å².